The molecule has 1 rings (SSSR count). The molecule has 1 saturated heterocycles. The predicted molar refractivity (Wildman–Crippen MR) is 69.1 cm³/mol. The maximum atomic E-state index is 12.1. The summed E-state index contributed by atoms with van der Waals surface area (Å²) in [6.45, 7) is 3.82. The van der Waals surface area contributed by atoms with Gasteiger partial charge in [-0.05, 0) is 38.8 Å². The van der Waals surface area contributed by atoms with Gasteiger partial charge in [-0.2, -0.15) is 13.2 Å². The second kappa shape index (κ2) is 8.07. The summed E-state index contributed by atoms with van der Waals surface area (Å²) in [7, 11) is 0. The van der Waals surface area contributed by atoms with Crippen molar-refractivity contribution < 1.29 is 18.3 Å². The molecule has 0 bridgehead atoms. The zero-order valence-electron chi connectivity index (χ0n) is 11.5. The van der Waals surface area contributed by atoms with E-state index in [2.05, 4.69) is 12.2 Å². The molecule has 0 saturated carbocycles. The van der Waals surface area contributed by atoms with Crippen LogP contribution in [-0.2, 0) is 0 Å². The van der Waals surface area contributed by atoms with Gasteiger partial charge >= 0.3 is 6.18 Å². The van der Waals surface area contributed by atoms with Crippen LogP contribution in [0.1, 0.15) is 39.0 Å². The van der Waals surface area contributed by atoms with E-state index < -0.39 is 12.6 Å². The number of hydrogen-bond acceptors (Lipinski definition) is 3. The first-order valence-corrected chi connectivity index (χ1v) is 7.10. The third-order valence-corrected chi connectivity index (χ3v) is 3.74. The SMILES string of the molecule is CCC(CCO)NC1CCN(CCC(F)(F)F)CC1. The van der Waals surface area contributed by atoms with Crippen molar-refractivity contribution >= 4 is 0 Å². The van der Waals surface area contributed by atoms with E-state index in [1.54, 1.807) is 0 Å². The van der Waals surface area contributed by atoms with Crippen LogP contribution in [0.15, 0.2) is 0 Å². The molecule has 0 radical (unpaired) electrons. The van der Waals surface area contributed by atoms with E-state index in [0.29, 0.717) is 12.1 Å². The van der Waals surface area contributed by atoms with Gasteiger partial charge in [-0.15, -0.1) is 0 Å². The van der Waals surface area contributed by atoms with Crippen molar-refractivity contribution in [3.05, 3.63) is 0 Å². The summed E-state index contributed by atoms with van der Waals surface area (Å²) in [6, 6.07) is 0.690. The molecular formula is C13H25F3N2O. The third kappa shape index (κ3) is 7.13. The summed E-state index contributed by atoms with van der Waals surface area (Å²) in [5.41, 5.74) is 0. The zero-order valence-corrected chi connectivity index (χ0v) is 11.5. The Hall–Kier alpha value is -0.330. The fraction of sp³-hybridized carbons (Fsp3) is 1.00. The van der Waals surface area contributed by atoms with Gasteiger partial charge in [0.2, 0.25) is 0 Å². The maximum absolute atomic E-state index is 12.1. The Labute approximate surface area is 113 Å². The van der Waals surface area contributed by atoms with E-state index >= 15 is 0 Å². The van der Waals surface area contributed by atoms with Gasteiger partial charge in [-0.3, -0.25) is 0 Å². The van der Waals surface area contributed by atoms with E-state index in [0.717, 1.165) is 38.8 Å². The first-order chi connectivity index (χ1) is 8.94. The number of alkyl halides is 3. The molecule has 0 aromatic carbocycles. The van der Waals surface area contributed by atoms with Crippen LogP contribution < -0.4 is 5.32 Å². The first kappa shape index (κ1) is 16.7. The molecule has 1 aliphatic heterocycles. The van der Waals surface area contributed by atoms with Gasteiger partial charge in [0.05, 0.1) is 6.42 Å². The first-order valence-electron chi connectivity index (χ1n) is 7.10. The van der Waals surface area contributed by atoms with Crippen molar-refractivity contribution in [3.63, 3.8) is 0 Å². The number of halogens is 3. The van der Waals surface area contributed by atoms with Crippen molar-refractivity contribution in [2.75, 3.05) is 26.2 Å². The number of aliphatic hydroxyl groups excluding tert-OH is 1. The molecule has 1 aliphatic rings. The molecule has 3 nitrogen and oxygen atoms in total. The van der Waals surface area contributed by atoms with Gasteiger partial charge in [0, 0.05) is 25.2 Å². The molecule has 0 amide bonds. The van der Waals surface area contributed by atoms with Crippen molar-refractivity contribution in [2.45, 2.75) is 57.3 Å². The minimum Gasteiger partial charge on any atom is -0.396 e. The van der Waals surface area contributed by atoms with Crippen LogP contribution in [0.25, 0.3) is 0 Å². The fourth-order valence-electron chi connectivity index (χ4n) is 2.50. The standard InChI is InChI=1S/C13H25F3N2O/c1-2-11(5-10-19)17-12-3-7-18(8-4-12)9-6-13(14,15)16/h11-12,17,19H,2-10H2,1H3. The van der Waals surface area contributed by atoms with Gasteiger partial charge in [-0.25, -0.2) is 0 Å². The summed E-state index contributed by atoms with van der Waals surface area (Å²) in [5, 5.41) is 12.4. The van der Waals surface area contributed by atoms with Crippen molar-refractivity contribution in [1.82, 2.24) is 10.2 Å². The quantitative estimate of drug-likeness (QED) is 0.751. The van der Waals surface area contributed by atoms with Crippen LogP contribution in [0.2, 0.25) is 0 Å². The molecule has 0 aromatic heterocycles. The Kier molecular flexibility index (Phi) is 7.10. The number of likely N-dealkylation sites (tertiary alicyclic amines) is 1. The number of nitrogens with one attached hydrogen (secondary N) is 1. The number of piperidine rings is 1. The molecule has 0 spiro atoms. The molecule has 6 heteroatoms. The minimum atomic E-state index is -4.05. The van der Waals surface area contributed by atoms with Crippen molar-refractivity contribution in [1.29, 1.82) is 0 Å². The lowest BCUT2D eigenvalue weighted by molar-refractivity contribution is -0.138. The number of rotatable bonds is 7. The number of nitrogens with zero attached hydrogens (tertiary/aromatic N) is 1. The third-order valence-electron chi connectivity index (χ3n) is 3.74. The van der Waals surface area contributed by atoms with Gasteiger partial charge in [0.15, 0.2) is 0 Å². The summed E-state index contributed by atoms with van der Waals surface area (Å²) in [6.07, 6.45) is -1.28. The Morgan fingerprint density at radius 3 is 2.42 bits per heavy atom. The van der Waals surface area contributed by atoms with E-state index in [9.17, 15) is 13.2 Å². The predicted octanol–water partition coefficient (Wildman–Crippen LogP) is 2.15. The highest BCUT2D eigenvalue weighted by molar-refractivity contribution is 4.80. The summed E-state index contributed by atoms with van der Waals surface area (Å²) in [5.74, 6) is 0. The summed E-state index contributed by atoms with van der Waals surface area (Å²) >= 11 is 0. The highest BCUT2D eigenvalue weighted by Crippen LogP contribution is 2.21. The minimum absolute atomic E-state index is 0.115. The van der Waals surface area contributed by atoms with Crippen molar-refractivity contribution in [2.24, 2.45) is 0 Å². The second-order valence-corrected chi connectivity index (χ2v) is 5.27. The fourth-order valence-corrected chi connectivity index (χ4v) is 2.50. The lowest BCUT2D eigenvalue weighted by atomic mass is 10.0. The van der Waals surface area contributed by atoms with Crippen LogP contribution in [-0.4, -0.2) is 54.5 Å². The molecule has 1 atom stereocenters. The molecule has 1 fully saturated rings. The lowest BCUT2D eigenvalue weighted by Crippen LogP contribution is -2.46. The lowest BCUT2D eigenvalue weighted by Gasteiger charge is -2.34. The average Bonchev–Trinajstić information content (AvgIpc) is 2.36. The maximum Gasteiger partial charge on any atom is 0.390 e. The smallest absolute Gasteiger partial charge is 0.390 e. The molecule has 2 N–H and O–H groups in total. The largest absolute Gasteiger partial charge is 0.396 e. The van der Waals surface area contributed by atoms with Crippen LogP contribution in [0.3, 0.4) is 0 Å². The Morgan fingerprint density at radius 1 is 1.32 bits per heavy atom. The van der Waals surface area contributed by atoms with Gasteiger partial charge in [0.1, 0.15) is 0 Å². The van der Waals surface area contributed by atoms with Crippen LogP contribution >= 0.6 is 0 Å². The van der Waals surface area contributed by atoms with E-state index in [4.69, 9.17) is 5.11 Å². The molecule has 1 heterocycles. The highest BCUT2D eigenvalue weighted by Gasteiger charge is 2.29. The molecule has 0 aliphatic carbocycles. The number of hydrogen-bond donors (Lipinski definition) is 2. The summed E-state index contributed by atoms with van der Waals surface area (Å²) in [4.78, 5) is 1.89. The average molecular weight is 282 g/mol. The Morgan fingerprint density at radius 2 is 1.95 bits per heavy atom. The Balaban J connectivity index is 2.21. The van der Waals surface area contributed by atoms with Crippen LogP contribution in [0, 0.1) is 0 Å². The molecule has 114 valence electrons. The Bertz CT molecular complexity index is 241. The molecule has 0 aromatic rings. The molecule has 1 unspecified atom stereocenters. The molecular weight excluding hydrogens is 257 g/mol. The van der Waals surface area contributed by atoms with E-state index in [1.165, 1.54) is 0 Å². The second-order valence-electron chi connectivity index (χ2n) is 5.27. The van der Waals surface area contributed by atoms with Gasteiger partial charge in [-0.1, -0.05) is 6.92 Å². The van der Waals surface area contributed by atoms with E-state index in [-0.39, 0.29) is 13.2 Å². The van der Waals surface area contributed by atoms with Gasteiger partial charge in [0.25, 0.3) is 0 Å². The summed E-state index contributed by atoms with van der Waals surface area (Å²) < 4.78 is 36.4. The normalized spacial score (nSPS) is 20.7. The van der Waals surface area contributed by atoms with Crippen LogP contribution in [0.4, 0.5) is 13.2 Å². The van der Waals surface area contributed by atoms with Crippen molar-refractivity contribution in [3.8, 4) is 0 Å². The van der Waals surface area contributed by atoms with E-state index in [1.807, 2.05) is 4.90 Å². The molecule has 19 heavy (non-hydrogen) atoms. The highest BCUT2D eigenvalue weighted by atomic mass is 19.4. The number of aliphatic hydroxyl groups is 1. The zero-order chi connectivity index (χ0) is 14.3. The van der Waals surface area contributed by atoms with Gasteiger partial charge < -0.3 is 15.3 Å². The topological polar surface area (TPSA) is 35.5 Å². The monoisotopic (exact) mass is 282 g/mol. The van der Waals surface area contributed by atoms with Crippen LogP contribution in [0.5, 0.6) is 0 Å².